The number of hydrogen-bond acceptors (Lipinski definition) is 6. The Morgan fingerprint density at radius 1 is 1.19 bits per heavy atom. The van der Waals surface area contributed by atoms with Crippen LogP contribution in [0.4, 0.5) is 4.39 Å². The fourth-order valence-electron chi connectivity index (χ4n) is 3.57. The summed E-state index contributed by atoms with van der Waals surface area (Å²) in [6.07, 6.45) is 2.52. The molecule has 0 N–H and O–H groups in total. The topological polar surface area (TPSA) is 54.9 Å². The Balaban J connectivity index is 1.46. The molecule has 0 aliphatic carbocycles. The summed E-state index contributed by atoms with van der Waals surface area (Å²) in [6.45, 7) is 4.04. The average molecular weight is 391 g/mol. The molecule has 1 unspecified atom stereocenters. The lowest BCUT2D eigenvalue weighted by molar-refractivity contribution is -0.261. The predicted octanol–water partition coefficient (Wildman–Crippen LogP) is 2.37. The van der Waals surface area contributed by atoms with Crippen LogP contribution in [0.5, 0.6) is 0 Å². The van der Waals surface area contributed by atoms with Crippen molar-refractivity contribution in [2.75, 3.05) is 39.4 Å². The predicted molar refractivity (Wildman–Crippen MR) is 98.9 cm³/mol. The number of amides is 1. The van der Waals surface area contributed by atoms with Crippen LogP contribution >= 0.6 is 11.3 Å². The van der Waals surface area contributed by atoms with Crippen molar-refractivity contribution in [2.24, 2.45) is 0 Å². The lowest BCUT2D eigenvalue weighted by Gasteiger charge is -2.43. The van der Waals surface area contributed by atoms with Gasteiger partial charge in [-0.15, -0.1) is 11.3 Å². The van der Waals surface area contributed by atoms with Crippen LogP contribution in [0.15, 0.2) is 35.8 Å². The zero-order chi connectivity index (χ0) is 18.7. The molecule has 1 aromatic heterocycles. The molecule has 2 aliphatic heterocycles. The highest BCUT2D eigenvalue weighted by molar-refractivity contribution is 7.11. The van der Waals surface area contributed by atoms with Gasteiger partial charge in [0.2, 0.25) is 0 Å². The van der Waals surface area contributed by atoms with Gasteiger partial charge in [0.25, 0.3) is 5.91 Å². The molecule has 2 fully saturated rings. The zero-order valence-corrected chi connectivity index (χ0v) is 15.8. The van der Waals surface area contributed by atoms with E-state index >= 15 is 0 Å². The second-order valence-electron chi connectivity index (χ2n) is 6.86. The van der Waals surface area contributed by atoms with Crippen molar-refractivity contribution in [3.05, 3.63) is 52.2 Å². The Kier molecular flexibility index (Phi) is 5.49. The van der Waals surface area contributed by atoms with Crippen LogP contribution in [0.2, 0.25) is 0 Å². The number of benzene rings is 1. The van der Waals surface area contributed by atoms with E-state index in [4.69, 9.17) is 9.47 Å². The van der Waals surface area contributed by atoms with E-state index in [1.807, 2.05) is 0 Å². The van der Waals surface area contributed by atoms with E-state index in [1.54, 1.807) is 28.6 Å². The molecule has 27 heavy (non-hydrogen) atoms. The lowest BCUT2D eigenvalue weighted by atomic mass is 10.1. The molecule has 1 aromatic carbocycles. The van der Waals surface area contributed by atoms with Crippen LogP contribution in [0.25, 0.3) is 0 Å². The van der Waals surface area contributed by atoms with Crippen molar-refractivity contribution < 1.29 is 18.7 Å². The van der Waals surface area contributed by atoms with E-state index < -0.39 is 5.79 Å². The normalized spacial score (nSPS) is 24.1. The van der Waals surface area contributed by atoms with Crippen LogP contribution in [0, 0.1) is 5.82 Å². The second kappa shape index (κ2) is 8.02. The Morgan fingerprint density at radius 3 is 2.78 bits per heavy atom. The van der Waals surface area contributed by atoms with E-state index in [2.05, 4.69) is 9.88 Å². The Hall–Kier alpha value is -1.87. The molecule has 1 atom stereocenters. The molecule has 3 heterocycles. The molecule has 2 aromatic rings. The first-order valence-electron chi connectivity index (χ1n) is 9.07. The standard InChI is InChI=1S/C19H22FN3O3S/c20-16-4-2-15(3-5-16)12-22-7-1-9-25-19(13-22)14-23(8-10-26-19)18(24)17-21-6-11-27-17/h2-6,11H,1,7-10,12-14H2. The van der Waals surface area contributed by atoms with Crippen LogP contribution < -0.4 is 0 Å². The Morgan fingerprint density at radius 2 is 2.00 bits per heavy atom. The largest absolute Gasteiger partial charge is 0.347 e. The van der Waals surface area contributed by atoms with Crippen molar-refractivity contribution in [1.29, 1.82) is 0 Å². The third-order valence-corrected chi connectivity index (χ3v) is 5.59. The summed E-state index contributed by atoms with van der Waals surface area (Å²) >= 11 is 1.34. The average Bonchev–Trinajstić information content (AvgIpc) is 3.15. The van der Waals surface area contributed by atoms with Gasteiger partial charge in [-0.3, -0.25) is 9.69 Å². The summed E-state index contributed by atoms with van der Waals surface area (Å²) in [4.78, 5) is 20.8. The monoisotopic (exact) mass is 391 g/mol. The van der Waals surface area contributed by atoms with E-state index in [9.17, 15) is 9.18 Å². The molecule has 8 heteroatoms. The summed E-state index contributed by atoms with van der Waals surface area (Å²) in [6, 6.07) is 6.55. The summed E-state index contributed by atoms with van der Waals surface area (Å²) in [5.74, 6) is -1.14. The zero-order valence-electron chi connectivity index (χ0n) is 15.0. The second-order valence-corrected chi connectivity index (χ2v) is 7.76. The number of aromatic nitrogens is 1. The third-order valence-electron chi connectivity index (χ3n) is 4.83. The van der Waals surface area contributed by atoms with Gasteiger partial charge in [-0.05, 0) is 24.1 Å². The molecular weight excluding hydrogens is 369 g/mol. The van der Waals surface area contributed by atoms with Crippen molar-refractivity contribution >= 4 is 17.2 Å². The molecule has 4 rings (SSSR count). The quantitative estimate of drug-likeness (QED) is 0.804. The number of carbonyl (C=O) groups is 1. The first-order chi connectivity index (χ1) is 13.1. The summed E-state index contributed by atoms with van der Waals surface area (Å²) < 4.78 is 25.3. The highest BCUT2D eigenvalue weighted by Crippen LogP contribution is 2.26. The molecular formula is C19H22FN3O3S. The molecule has 1 spiro atoms. The van der Waals surface area contributed by atoms with Crippen LogP contribution in [-0.4, -0.2) is 65.9 Å². The molecule has 2 aliphatic rings. The molecule has 6 nitrogen and oxygen atoms in total. The van der Waals surface area contributed by atoms with E-state index in [1.165, 1.54) is 23.5 Å². The summed E-state index contributed by atoms with van der Waals surface area (Å²) in [7, 11) is 0. The maximum absolute atomic E-state index is 13.2. The molecule has 0 bridgehead atoms. The van der Waals surface area contributed by atoms with Gasteiger partial charge in [0.1, 0.15) is 5.82 Å². The van der Waals surface area contributed by atoms with Crippen molar-refractivity contribution in [3.8, 4) is 0 Å². The van der Waals surface area contributed by atoms with Gasteiger partial charge in [-0.25, -0.2) is 9.37 Å². The molecule has 2 saturated heterocycles. The number of carbonyl (C=O) groups excluding carboxylic acids is 1. The molecule has 144 valence electrons. The first-order valence-corrected chi connectivity index (χ1v) is 9.95. The number of hydrogen-bond donors (Lipinski definition) is 0. The summed E-state index contributed by atoms with van der Waals surface area (Å²) in [5, 5.41) is 2.29. The first kappa shape index (κ1) is 18.5. The van der Waals surface area contributed by atoms with Gasteiger partial charge >= 0.3 is 0 Å². The fourth-order valence-corrected chi connectivity index (χ4v) is 4.17. The number of halogens is 1. The molecule has 0 saturated carbocycles. The number of morpholine rings is 1. The highest BCUT2D eigenvalue weighted by Gasteiger charge is 2.42. The van der Waals surface area contributed by atoms with Gasteiger partial charge in [0, 0.05) is 31.2 Å². The maximum atomic E-state index is 13.2. The number of thiazole rings is 1. The van der Waals surface area contributed by atoms with Crippen molar-refractivity contribution in [2.45, 2.75) is 18.8 Å². The molecule has 1 amide bonds. The van der Waals surface area contributed by atoms with Crippen LogP contribution in [0.1, 0.15) is 21.8 Å². The van der Waals surface area contributed by atoms with Gasteiger partial charge in [-0.1, -0.05) is 12.1 Å². The van der Waals surface area contributed by atoms with Gasteiger partial charge < -0.3 is 14.4 Å². The van der Waals surface area contributed by atoms with E-state index in [-0.39, 0.29) is 11.7 Å². The SMILES string of the molecule is O=C(c1nccs1)N1CCOC2(CN(Cc3ccc(F)cc3)CCCO2)C1. The number of ether oxygens (including phenoxy) is 2. The van der Waals surface area contributed by atoms with E-state index in [0.717, 1.165) is 18.5 Å². The highest BCUT2D eigenvalue weighted by atomic mass is 32.1. The Labute approximate surface area is 161 Å². The minimum Gasteiger partial charge on any atom is -0.347 e. The smallest absolute Gasteiger partial charge is 0.283 e. The van der Waals surface area contributed by atoms with Crippen molar-refractivity contribution in [3.63, 3.8) is 0 Å². The minimum absolute atomic E-state index is 0.0781. The van der Waals surface area contributed by atoms with Crippen molar-refractivity contribution in [1.82, 2.24) is 14.8 Å². The van der Waals surface area contributed by atoms with E-state index in [0.29, 0.717) is 44.4 Å². The maximum Gasteiger partial charge on any atom is 0.283 e. The van der Waals surface area contributed by atoms with Gasteiger partial charge in [-0.2, -0.15) is 0 Å². The van der Waals surface area contributed by atoms with Gasteiger partial charge in [0.15, 0.2) is 10.8 Å². The Bertz CT molecular complexity index is 771. The lowest BCUT2D eigenvalue weighted by Crippen LogP contribution is -2.59. The third kappa shape index (κ3) is 4.35. The summed E-state index contributed by atoms with van der Waals surface area (Å²) in [5.41, 5.74) is 1.04. The molecule has 0 radical (unpaired) electrons. The van der Waals surface area contributed by atoms with Crippen LogP contribution in [-0.2, 0) is 16.0 Å². The van der Waals surface area contributed by atoms with Gasteiger partial charge in [0.05, 0.1) is 26.3 Å². The van der Waals surface area contributed by atoms with Crippen LogP contribution in [0.3, 0.4) is 0 Å². The minimum atomic E-state index is -0.832. The number of rotatable bonds is 3. The fraction of sp³-hybridized carbons (Fsp3) is 0.474. The number of nitrogens with zero attached hydrogens (tertiary/aromatic N) is 3.